The second kappa shape index (κ2) is 14.4. The summed E-state index contributed by atoms with van der Waals surface area (Å²) in [6, 6.07) is 18.6. The van der Waals surface area contributed by atoms with Crippen molar-refractivity contribution in [1.29, 1.82) is 0 Å². The van der Waals surface area contributed by atoms with Gasteiger partial charge in [0.05, 0.1) is 30.3 Å². The van der Waals surface area contributed by atoms with Crippen LogP contribution in [-0.2, 0) is 20.8 Å². The second-order valence-corrected chi connectivity index (χ2v) is 12.0. The molecule has 0 aliphatic carbocycles. The van der Waals surface area contributed by atoms with E-state index in [0.29, 0.717) is 29.1 Å². The zero-order valence-electron chi connectivity index (χ0n) is 26.5. The van der Waals surface area contributed by atoms with Crippen LogP contribution in [0, 0.1) is 0 Å². The first-order chi connectivity index (χ1) is 23.3. The Bertz CT molecular complexity index is 1890. The molecule has 0 spiro atoms. The molecule has 6 rings (SSSR count). The number of benzene rings is 3. The van der Waals surface area contributed by atoms with Gasteiger partial charge in [-0.25, -0.2) is 9.78 Å². The fraction of sp³-hybridized carbons (Fsp3) is 0.343. The van der Waals surface area contributed by atoms with Crippen molar-refractivity contribution >= 4 is 28.9 Å². The van der Waals surface area contributed by atoms with Gasteiger partial charge in [-0.1, -0.05) is 75.1 Å². The highest BCUT2D eigenvalue weighted by Gasteiger charge is 2.43. The first-order valence-electron chi connectivity index (χ1n) is 16.1. The number of hydrogen-bond donors (Lipinski definition) is 3. The summed E-state index contributed by atoms with van der Waals surface area (Å²) in [7, 11) is 0. The molecule has 1 amide bonds. The Kier molecular flexibility index (Phi) is 9.74. The van der Waals surface area contributed by atoms with Gasteiger partial charge in [-0.15, -0.1) is 10.2 Å². The number of carbonyl (C=O) groups is 3. The molecule has 5 aromatic rings. The largest absolute Gasteiger partial charge is 0.488 e. The lowest BCUT2D eigenvalue weighted by Crippen LogP contribution is -2.44. The number of carboxylic acid groups (broad SMARTS) is 2. The van der Waals surface area contributed by atoms with E-state index in [0.717, 1.165) is 47.9 Å². The Morgan fingerprint density at radius 2 is 1.79 bits per heavy atom. The van der Waals surface area contributed by atoms with Crippen molar-refractivity contribution < 1.29 is 29.3 Å². The maximum atomic E-state index is 14.4. The van der Waals surface area contributed by atoms with Gasteiger partial charge in [0.2, 0.25) is 11.7 Å². The van der Waals surface area contributed by atoms with Gasteiger partial charge in [0.1, 0.15) is 23.9 Å². The summed E-state index contributed by atoms with van der Waals surface area (Å²) in [6.45, 7) is 2.24. The van der Waals surface area contributed by atoms with E-state index < -0.39 is 30.1 Å². The van der Waals surface area contributed by atoms with Gasteiger partial charge in [0, 0.05) is 12.0 Å². The van der Waals surface area contributed by atoms with Gasteiger partial charge < -0.3 is 24.4 Å². The molecular formula is C35H37N7O6. The van der Waals surface area contributed by atoms with E-state index >= 15 is 0 Å². The van der Waals surface area contributed by atoms with E-state index in [9.17, 15) is 19.5 Å². The molecule has 0 bridgehead atoms. The van der Waals surface area contributed by atoms with Crippen molar-refractivity contribution in [2.75, 3.05) is 6.54 Å². The topological polar surface area (TPSA) is 176 Å². The Morgan fingerprint density at radius 1 is 1.00 bits per heavy atom. The summed E-state index contributed by atoms with van der Waals surface area (Å²) in [5.74, 6) is -1.34. The fourth-order valence-corrected chi connectivity index (χ4v) is 6.40. The average molecular weight is 652 g/mol. The van der Waals surface area contributed by atoms with Gasteiger partial charge in [-0.05, 0) is 52.6 Å². The molecule has 248 valence electrons. The number of imidazole rings is 1. The predicted octanol–water partition coefficient (Wildman–Crippen LogP) is 5.16. The normalized spacial score (nSPS) is 16.6. The Morgan fingerprint density at radius 3 is 2.50 bits per heavy atom. The van der Waals surface area contributed by atoms with Crippen molar-refractivity contribution in [3.05, 3.63) is 78.6 Å². The maximum absolute atomic E-state index is 14.4. The predicted molar refractivity (Wildman–Crippen MR) is 176 cm³/mol. The molecule has 3 unspecified atom stereocenters. The summed E-state index contributed by atoms with van der Waals surface area (Å²) >= 11 is 0. The molecule has 48 heavy (non-hydrogen) atoms. The number of hydrogen-bond acceptors (Lipinski definition) is 8. The second-order valence-electron chi connectivity index (χ2n) is 12.0. The summed E-state index contributed by atoms with van der Waals surface area (Å²) in [6.07, 6.45) is 5.53. The number of fused-ring (bicyclic) bond motifs is 1. The van der Waals surface area contributed by atoms with Crippen LogP contribution in [0.5, 0.6) is 5.75 Å². The average Bonchev–Trinajstić information content (AvgIpc) is 3.86. The number of likely N-dealkylation sites (tertiary alicyclic amines) is 1. The molecule has 13 nitrogen and oxygen atoms in total. The van der Waals surface area contributed by atoms with Gasteiger partial charge in [-0.3, -0.25) is 9.59 Å². The molecule has 2 aromatic heterocycles. The third kappa shape index (κ3) is 7.04. The number of nitrogens with zero attached hydrogens (tertiary/aromatic N) is 6. The Hall–Kier alpha value is -5.59. The highest BCUT2D eigenvalue weighted by molar-refractivity contribution is 5.90. The number of unbranched alkanes of at least 4 members (excludes halogenated alkanes) is 3. The van der Waals surface area contributed by atoms with Gasteiger partial charge in [0.25, 0.3) is 0 Å². The number of rotatable bonds is 14. The van der Waals surface area contributed by atoms with Crippen LogP contribution in [0.1, 0.15) is 57.1 Å². The first-order valence-corrected chi connectivity index (χ1v) is 16.1. The van der Waals surface area contributed by atoms with E-state index in [1.54, 1.807) is 30.6 Å². The number of nitrogens with one attached hydrogen (secondary N) is 1. The number of aromatic amines is 1. The monoisotopic (exact) mass is 651 g/mol. The molecule has 3 aromatic carbocycles. The lowest BCUT2D eigenvalue weighted by atomic mass is 9.98. The summed E-state index contributed by atoms with van der Waals surface area (Å²) < 4.78 is 7.97. The lowest BCUT2D eigenvalue weighted by Gasteiger charge is -2.28. The lowest BCUT2D eigenvalue weighted by molar-refractivity contribution is -0.149. The van der Waals surface area contributed by atoms with Crippen LogP contribution in [-0.4, -0.2) is 81.8 Å². The molecule has 0 saturated carbocycles. The minimum absolute atomic E-state index is 0.107. The Balaban J connectivity index is 1.27. The van der Waals surface area contributed by atoms with Crippen LogP contribution < -0.4 is 4.74 Å². The van der Waals surface area contributed by atoms with Crippen molar-refractivity contribution in [3.63, 3.8) is 0 Å². The molecule has 3 atom stereocenters. The molecular weight excluding hydrogens is 614 g/mol. The van der Waals surface area contributed by atoms with E-state index in [4.69, 9.17) is 9.84 Å². The number of aromatic nitrogens is 6. The minimum atomic E-state index is -1.09. The number of tetrazole rings is 1. The quantitative estimate of drug-likeness (QED) is 0.136. The van der Waals surface area contributed by atoms with E-state index in [2.05, 4.69) is 32.5 Å². The maximum Gasteiger partial charge on any atom is 0.326 e. The van der Waals surface area contributed by atoms with Crippen molar-refractivity contribution in [2.45, 2.75) is 70.1 Å². The summed E-state index contributed by atoms with van der Waals surface area (Å²) in [5.41, 5.74) is 4.72. The number of ether oxygens (including phenoxy) is 1. The minimum Gasteiger partial charge on any atom is -0.488 e. The van der Waals surface area contributed by atoms with Crippen LogP contribution in [0.25, 0.3) is 33.5 Å². The molecule has 3 heterocycles. The SMILES string of the molecule is CCCCCCC(C(=O)N1CC(Oc2ccc(CC(=O)O)cc2)CC1C(=O)O)n1cnc2cc(-c3ccccc3-c3nn[nH]n3)ccc21. The molecule has 13 heteroatoms. The van der Waals surface area contributed by atoms with Crippen molar-refractivity contribution in [1.82, 2.24) is 35.1 Å². The molecule has 1 saturated heterocycles. The zero-order chi connectivity index (χ0) is 33.6. The first kappa shape index (κ1) is 32.4. The number of H-pyrrole nitrogens is 1. The van der Waals surface area contributed by atoms with E-state index in [1.807, 2.05) is 47.0 Å². The van der Waals surface area contributed by atoms with Gasteiger partial charge >= 0.3 is 11.9 Å². The third-order valence-corrected chi connectivity index (χ3v) is 8.76. The smallest absolute Gasteiger partial charge is 0.326 e. The Labute approximate surface area is 276 Å². The standard InChI is InChI=1S/C35H37N7O6/c1-2-3-4-5-10-30(34(45)41-20-25(19-31(41)35(46)47)48-24-14-11-22(12-15-24)17-32(43)44)42-21-36-28-18-23(13-16-29(28)42)26-8-6-7-9-27(26)33-37-39-40-38-33/h6-9,11-16,18,21,25,30-31H,2-5,10,17,19-20H2,1H3,(H,43,44)(H,46,47)(H,37,38,39,40). The summed E-state index contributed by atoms with van der Waals surface area (Å²) in [5, 5.41) is 33.7. The molecule has 1 aliphatic rings. The van der Waals surface area contributed by atoms with Crippen molar-refractivity contribution in [3.8, 4) is 28.3 Å². The third-order valence-electron chi connectivity index (χ3n) is 8.76. The number of carbonyl (C=O) groups excluding carboxylic acids is 1. The fourth-order valence-electron chi connectivity index (χ4n) is 6.40. The van der Waals surface area contributed by atoms with Gasteiger partial charge in [0.15, 0.2) is 0 Å². The van der Waals surface area contributed by atoms with E-state index in [1.165, 1.54) is 4.90 Å². The number of carboxylic acids is 2. The molecule has 3 N–H and O–H groups in total. The molecule has 1 aliphatic heterocycles. The highest BCUT2D eigenvalue weighted by atomic mass is 16.5. The highest BCUT2D eigenvalue weighted by Crippen LogP contribution is 2.34. The van der Waals surface area contributed by atoms with Crippen LogP contribution in [0.3, 0.4) is 0 Å². The van der Waals surface area contributed by atoms with Crippen LogP contribution in [0.4, 0.5) is 0 Å². The van der Waals surface area contributed by atoms with Crippen LogP contribution >= 0.6 is 0 Å². The number of amides is 1. The molecule has 0 radical (unpaired) electrons. The van der Waals surface area contributed by atoms with Gasteiger partial charge in [-0.2, -0.15) is 5.21 Å². The van der Waals surface area contributed by atoms with Crippen molar-refractivity contribution in [2.24, 2.45) is 0 Å². The number of aliphatic carboxylic acids is 2. The van der Waals surface area contributed by atoms with Crippen LogP contribution in [0.2, 0.25) is 0 Å². The van der Waals surface area contributed by atoms with E-state index in [-0.39, 0.29) is 25.3 Å². The van der Waals surface area contributed by atoms with Crippen LogP contribution in [0.15, 0.2) is 73.1 Å². The zero-order valence-corrected chi connectivity index (χ0v) is 26.5. The molecule has 1 fully saturated rings. The summed E-state index contributed by atoms with van der Waals surface area (Å²) in [4.78, 5) is 43.9.